The Morgan fingerprint density at radius 2 is 1.87 bits per heavy atom. The van der Waals surface area contributed by atoms with E-state index in [1.807, 2.05) is 34.6 Å². The van der Waals surface area contributed by atoms with E-state index in [2.05, 4.69) is 16.1 Å². The Bertz CT molecular complexity index is 1030. The minimum atomic E-state index is -2.10. The highest BCUT2D eigenvalue weighted by atomic mass is 16.7. The Morgan fingerprint density at radius 1 is 1.21 bits per heavy atom. The second-order valence-electron chi connectivity index (χ2n) is 11.5. The Labute approximate surface area is 229 Å². The van der Waals surface area contributed by atoms with E-state index < -0.39 is 40.3 Å². The van der Waals surface area contributed by atoms with Gasteiger partial charge in [-0.15, -0.1) is 0 Å². The highest BCUT2D eigenvalue weighted by Crippen LogP contribution is 2.48. The largest absolute Gasteiger partial charge is 0.477 e. The minimum absolute atomic E-state index is 0.0116. The van der Waals surface area contributed by atoms with Crippen LogP contribution in [0.15, 0.2) is 24.3 Å². The molecule has 1 saturated carbocycles. The lowest BCUT2D eigenvalue weighted by Crippen LogP contribution is -2.69. The maximum Gasteiger partial charge on any atom is 0.366 e. The van der Waals surface area contributed by atoms with Gasteiger partial charge in [0.2, 0.25) is 5.91 Å². The van der Waals surface area contributed by atoms with Crippen LogP contribution in [0.2, 0.25) is 0 Å². The summed E-state index contributed by atoms with van der Waals surface area (Å²) in [4.78, 5) is 42.0. The second-order valence-corrected chi connectivity index (χ2v) is 11.5. The predicted molar refractivity (Wildman–Crippen MR) is 143 cm³/mol. The van der Waals surface area contributed by atoms with Gasteiger partial charge in [-0.25, -0.2) is 4.79 Å². The third-order valence-corrected chi connectivity index (χ3v) is 7.36. The molecule has 1 aromatic carbocycles. The summed E-state index contributed by atoms with van der Waals surface area (Å²) in [6.45, 7) is 11.5. The van der Waals surface area contributed by atoms with E-state index >= 15 is 0 Å². The predicted octanol–water partition coefficient (Wildman–Crippen LogP) is 3.07. The number of ether oxygens (including phenoxy) is 2. The van der Waals surface area contributed by atoms with Crippen molar-refractivity contribution in [2.75, 3.05) is 13.2 Å². The smallest absolute Gasteiger partial charge is 0.366 e. The van der Waals surface area contributed by atoms with Crippen molar-refractivity contribution in [2.45, 2.75) is 96.9 Å². The van der Waals surface area contributed by atoms with Crippen molar-refractivity contribution in [3.05, 3.63) is 39.9 Å². The normalized spacial score (nSPS) is 27.8. The first kappa shape index (κ1) is 30.9. The number of hydroxylamine groups is 1. The number of hydrogen-bond acceptors (Lipinski definition) is 9. The van der Waals surface area contributed by atoms with Gasteiger partial charge in [0, 0.05) is 23.6 Å². The molecule has 2 fully saturated rings. The number of carbonyl (C=O) groups excluding carboxylic acids is 1. The van der Waals surface area contributed by atoms with E-state index in [0.29, 0.717) is 18.6 Å². The molecule has 6 atom stereocenters. The summed E-state index contributed by atoms with van der Waals surface area (Å²) in [5, 5.41) is 28.8. The molecule has 1 saturated heterocycles. The molecule has 4 unspecified atom stereocenters. The number of nitrogens with zero attached hydrogens (tertiary/aromatic N) is 1. The molecule has 1 amide bonds. The molecule has 12 heteroatoms. The van der Waals surface area contributed by atoms with Gasteiger partial charge in [-0.2, -0.15) is 5.48 Å². The van der Waals surface area contributed by atoms with Crippen molar-refractivity contribution < 1.29 is 33.9 Å². The van der Waals surface area contributed by atoms with Crippen molar-refractivity contribution in [2.24, 2.45) is 11.3 Å². The van der Waals surface area contributed by atoms with E-state index in [1.54, 1.807) is 25.1 Å². The Morgan fingerprint density at radius 3 is 2.44 bits per heavy atom. The van der Waals surface area contributed by atoms with Crippen LogP contribution in [0, 0.1) is 21.4 Å². The Balaban J connectivity index is 1.89. The second kappa shape index (κ2) is 12.7. The first-order valence-corrected chi connectivity index (χ1v) is 13.5. The van der Waals surface area contributed by atoms with Crippen molar-refractivity contribution in [1.29, 1.82) is 0 Å². The number of aliphatic carboxylic acids is 1. The summed E-state index contributed by atoms with van der Waals surface area (Å²) in [6.07, 6.45) is 0.937. The number of nitro groups is 1. The van der Waals surface area contributed by atoms with E-state index in [9.17, 15) is 24.8 Å². The van der Waals surface area contributed by atoms with Gasteiger partial charge in [-0.1, -0.05) is 39.8 Å². The van der Waals surface area contributed by atoms with E-state index in [1.165, 1.54) is 6.07 Å². The van der Waals surface area contributed by atoms with Gasteiger partial charge in [0.1, 0.15) is 12.1 Å². The highest BCUT2D eigenvalue weighted by Gasteiger charge is 2.58. The fourth-order valence-corrected chi connectivity index (χ4v) is 5.05. The van der Waals surface area contributed by atoms with Gasteiger partial charge in [-0.3, -0.25) is 14.9 Å². The van der Waals surface area contributed by atoms with Gasteiger partial charge in [-0.05, 0) is 45.1 Å². The summed E-state index contributed by atoms with van der Waals surface area (Å²) in [7, 11) is 0. The van der Waals surface area contributed by atoms with Crippen LogP contribution in [0.25, 0.3) is 0 Å². The molecule has 2 aliphatic rings. The summed E-state index contributed by atoms with van der Waals surface area (Å²) >= 11 is 0. The zero-order valence-corrected chi connectivity index (χ0v) is 23.6. The minimum Gasteiger partial charge on any atom is -0.477 e. The zero-order chi connectivity index (χ0) is 29.0. The van der Waals surface area contributed by atoms with Crippen LogP contribution in [-0.4, -0.2) is 65.1 Å². The molecule has 12 nitrogen and oxygen atoms in total. The van der Waals surface area contributed by atoms with Crippen LogP contribution in [0.3, 0.4) is 0 Å². The lowest BCUT2D eigenvalue weighted by molar-refractivity contribution is -0.389. The average Bonchev–Trinajstić information content (AvgIpc) is 2.87. The first-order valence-electron chi connectivity index (χ1n) is 13.5. The molecule has 1 heterocycles. The molecule has 0 spiro atoms. The number of carbonyl (C=O) groups is 2. The molecule has 4 N–H and O–H groups in total. The van der Waals surface area contributed by atoms with Crippen LogP contribution in [0.5, 0.6) is 0 Å². The van der Waals surface area contributed by atoms with Crippen LogP contribution >= 0.6 is 0 Å². The van der Waals surface area contributed by atoms with Crippen LogP contribution < -0.4 is 16.1 Å². The molecule has 1 aromatic rings. The monoisotopic (exact) mass is 550 g/mol. The van der Waals surface area contributed by atoms with Gasteiger partial charge < -0.3 is 30.1 Å². The van der Waals surface area contributed by atoms with Gasteiger partial charge in [0.25, 0.3) is 11.5 Å². The summed E-state index contributed by atoms with van der Waals surface area (Å²) in [5.41, 5.74) is 2.10. The Kier molecular flexibility index (Phi) is 10.1. The number of nitrogens with one attached hydrogen (secondary N) is 3. The fraction of sp³-hybridized carbons (Fsp3) is 0.704. The van der Waals surface area contributed by atoms with E-state index in [0.717, 1.165) is 12.8 Å². The first-order chi connectivity index (χ1) is 18.3. The lowest BCUT2D eigenvalue weighted by Gasteiger charge is -2.51. The quantitative estimate of drug-likeness (QED) is 0.212. The van der Waals surface area contributed by atoms with E-state index in [-0.39, 0.29) is 36.2 Å². The number of para-hydroxylation sites is 1. The van der Waals surface area contributed by atoms with Crippen molar-refractivity contribution in [3.63, 3.8) is 0 Å². The molecular formula is C27H42N4O8. The molecule has 218 valence electrons. The molecular weight excluding hydrogens is 508 g/mol. The van der Waals surface area contributed by atoms with Crippen molar-refractivity contribution >= 4 is 17.6 Å². The van der Waals surface area contributed by atoms with Gasteiger partial charge in [0.05, 0.1) is 29.7 Å². The average molecular weight is 551 g/mol. The topological polar surface area (TPSA) is 161 Å². The summed E-state index contributed by atoms with van der Waals surface area (Å²) in [6, 6.07) is 4.46. The molecule has 1 aliphatic heterocycles. The van der Waals surface area contributed by atoms with Crippen molar-refractivity contribution in [3.8, 4) is 0 Å². The zero-order valence-electron chi connectivity index (χ0n) is 23.6. The number of carboxylic acid groups (broad SMARTS) is 1. The number of benzene rings is 1. The molecule has 0 radical (unpaired) electrons. The van der Waals surface area contributed by atoms with Crippen LogP contribution in [-0.2, 0) is 23.9 Å². The number of nitro benzene ring substituents is 1. The third kappa shape index (κ3) is 6.93. The standard InChI is InChI=1S/C27H42N4O8/c1-7-38-30-17(4)24(32)29-20-13-12-19(20)28-22(14-16(2)3)27(25(33)34)37-15-26(5,6)23(39-27)18-10-8-9-11-21(18)31(35)36/h8-11,16-17,19-20,22-23,28,30H,7,12-15H2,1-6H3,(H,29,32)(H,33,34)/t17-,19?,20?,22-,23?,27?/m0/s1. The molecule has 39 heavy (non-hydrogen) atoms. The number of hydrogen-bond donors (Lipinski definition) is 4. The molecule has 0 bridgehead atoms. The number of rotatable bonds is 13. The third-order valence-electron chi connectivity index (χ3n) is 7.36. The van der Waals surface area contributed by atoms with Gasteiger partial charge in [0.15, 0.2) is 0 Å². The van der Waals surface area contributed by atoms with Crippen molar-refractivity contribution in [1.82, 2.24) is 16.1 Å². The lowest BCUT2D eigenvalue weighted by atomic mass is 9.79. The maximum atomic E-state index is 12.9. The summed E-state index contributed by atoms with van der Waals surface area (Å²) < 4.78 is 12.4. The molecule has 0 aromatic heterocycles. The fourth-order valence-electron chi connectivity index (χ4n) is 5.05. The summed E-state index contributed by atoms with van der Waals surface area (Å²) in [5.74, 6) is -3.55. The molecule has 3 rings (SSSR count). The SMILES string of the molecule is CCON[C@@H](C)C(=O)NC1CCC1N[C@@H](CC(C)C)C1(C(=O)O)OCC(C)(C)C(c2ccccc2[N+](=O)[O-])O1. The van der Waals surface area contributed by atoms with Crippen LogP contribution in [0.4, 0.5) is 5.69 Å². The number of amides is 1. The van der Waals surface area contributed by atoms with E-state index in [4.69, 9.17) is 14.3 Å². The maximum absolute atomic E-state index is 12.9. The van der Waals surface area contributed by atoms with Gasteiger partial charge >= 0.3 is 5.97 Å². The molecule has 1 aliphatic carbocycles. The Hall–Kier alpha value is -2.64. The van der Waals surface area contributed by atoms with Crippen LogP contribution in [0.1, 0.15) is 72.5 Å². The highest BCUT2D eigenvalue weighted by molar-refractivity contribution is 5.81. The number of carboxylic acids is 1.